The van der Waals surface area contributed by atoms with Gasteiger partial charge in [-0.25, -0.2) is 4.79 Å². The number of ether oxygens (including phenoxy) is 1. The Kier molecular flexibility index (Phi) is 4.67. The van der Waals surface area contributed by atoms with Crippen molar-refractivity contribution < 1.29 is 24.5 Å². The highest BCUT2D eigenvalue weighted by Gasteiger charge is 2.17. The van der Waals surface area contributed by atoms with Crippen LogP contribution >= 0.6 is 0 Å². The van der Waals surface area contributed by atoms with E-state index in [4.69, 9.17) is 9.84 Å². The maximum absolute atomic E-state index is 11.0. The summed E-state index contributed by atoms with van der Waals surface area (Å²) in [7, 11) is 1.48. The summed E-state index contributed by atoms with van der Waals surface area (Å²) in [5, 5.41) is 20.6. The second-order valence-electron chi connectivity index (χ2n) is 3.76. The van der Waals surface area contributed by atoms with Crippen molar-refractivity contribution in [2.24, 2.45) is 0 Å². The van der Waals surface area contributed by atoms with Crippen molar-refractivity contribution in [1.29, 1.82) is 0 Å². The molecule has 0 radical (unpaired) electrons. The van der Waals surface area contributed by atoms with Crippen molar-refractivity contribution in [2.75, 3.05) is 12.4 Å². The van der Waals surface area contributed by atoms with Gasteiger partial charge >= 0.3 is 5.97 Å². The Morgan fingerprint density at radius 2 is 2.11 bits per heavy atom. The van der Waals surface area contributed by atoms with Gasteiger partial charge in [-0.3, -0.25) is 4.79 Å². The summed E-state index contributed by atoms with van der Waals surface area (Å²) in [5.41, 5.74) is 0.961. The number of aliphatic hydroxyl groups is 1. The first-order valence-electron chi connectivity index (χ1n) is 5.29. The van der Waals surface area contributed by atoms with Crippen molar-refractivity contribution in [3.63, 3.8) is 0 Å². The highest BCUT2D eigenvalue weighted by atomic mass is 16.5. The average molecular weight is 253 g/mol. The van der Waals surface area contributed by atoms with E-state index in [1.54, 1.807) is 18.2 Å². The highest BCUT2D eigenvalue weighted by molar-refractivity contribution is 5.89. The number of hydrogen-bond acceptors (Lipinski definition) is 4. The fourth-order valence-electron chi connectivity index (χ4n) is 1.47. The van der Waals surface area contributed by atoms with Gasteiger partial charge in [-0.05, 0) is 23.8 Å². The van der Waals surface area contributed by atoms with E-state index >= 15 is 0 Å². The molecule has 1 aromatic carbocycles. The van der Waals surface area contributed by atoms with Crippen LogP contribution in [0.2, 0.25) is 0 Å². The standard InChI is InChI=1S/C12H15NO5/c1-7(14)13-10-4-3-9(18-2)5-8(10)6-11(15)12(16)17/h3-5,11,15H,6H2,1-2H3,(H,13,14)(H,16,17). The summed E-state index contributed by atoms with van der Waals surface area (Å²) < 4.78 is 5.02. The van der Waals surface area contributed by atoms with Gasteiger partial charge in [-0.1, -0.05) is 0 Å². The number of anilines is 1. The molecule has 0 aliphatic carbocycles. The maximum atomic E-state index is 11.0. The second-order valence-corrected chi connectivity index (χ2v) is 3.76. The largest absolute Gasteiger partial charge is 0.497 e. The molecule has 0 heterocycles. The maximum Gasteiger partial charge on any atom is 0.332 e. The number of nitrogens with one attached hydrogen (secondary N) is 1. The van der Waals surface area contributed by atoms with E-state index in [9.17, 15) is 14.7 Å². The fraction of sp³-hybridized carbons (Fsp3) is 0.333. The Labute approximate surface area is 104 Å². The third-order valence-electron chi connectivity index (χ3n) is 2.32. The molecule has 6 heteroatoms. The Bertz CT molecular complexity index is 458. The lowest BCUT2D eigenvalue weighted by Gasteiger charge is -2.13. The predicted molar refractivity (Wildman–Crippen MR) is 64.6 cm³/mol. The van der Waals surface area contributed by atoms with Gasteiger partial charge in [0.05, 0.1) is 7.11 Å². The number of carboxylic acid groups (broad SMARTS) is 1. The van der Waals surface area contributed by atoms with Gasteiger partial charge in [-0.2, -0.15) is 0 Å². The minimum absolute atomic E-state index is 0.109. The van der Waals surface area contributed by atoms with Gasteiger partial charge in [0.2, 0.25) is 5.91 Å². The number of rotatable bonds is 5. The quantitative estimate of drug-likeness (QED) is 0.715. The van der Waals surface area contributed by atoms with Crippen LogP contribution in [0, 0.1) is 0 Å². The van der Waals surface area contributed by atoms with Crippen molar-refractivity contribution in [2.45, 2.75) is 19.4 Å². The Morgan fingerprint density at radius 3 is 2.61 bits per heavy atom. The van der Waals surface area contributed by atoms with E-state index in [0.717, 1.165) is 0 Å². The third kappa shape index (κ3) is 3.74. The monoisotopic (exact) mass is 253 g/mol. The van der Waals surface area contributed by atoms with Crippen molar-refractivity contribution in [3.8, 4) is 5.75 Å². The van der Waals surface area contributed by atoms with Gasteiger partial charge in [0.15, 0.2) is 6.10 Å². The number of carboxylic acids is 1. The third-order valence-corrected chi connectivity index (χ3v) is 2.32. The molecule has 0 saturated carbocycles. The van der Waals surface area contributed by atoms with E-state index in [0.29, 0.717) is 17.0 Å². The van der Waals surface area contributed by atoms with E-state index in [1.807, 2.05) is 0 Å². The molecular formula is C12H15NO5. The summed E-state index contributed by atoms with van der Waals surface area (Å²) in [6.07, 6.45) is -1.63. The summed E-state index contributed by atoms with van der Waals surface area (Å²) >= 11 is 0. The molecule has 0 spiro atoms. The first-order valence-corrected chi connectivity index (χ1v) is 5.29. The van der Waals surface area contributed by atoms with Crippen LogP contribution in [0.5, 0.6) is 5.75 Å². The molecule has 0 aromatic heterocycles. The molecule has 1 amide bonds. The van der Waals surface area contributed by atoms with Gasteiger partial charge < -0.3 is 20.3 Å². The summed E-state index contributed by atoms with van der Waals surface area (Å²) in [6, 6.07) is 4.82. The minimum atomic E-state index is -1.52. The van der Waals surface area contributed by atoms with Crippen molar-refractivity contribution >= 4 is 17.6 Å². The first kappa shape index (κ1) is 14.0. The van der Waals surface area contributed by atoms with E-state index in [1.165, 1.54) is 14.0 Å². The molecular weight excluding hydrogens is 238 g/mol. The minimum Gasteiger partial charge on any atom is -0.497 e. The van der Waals surface area contributed by atoms with Crippen LogP contribution in [0.3, 0.4) is 0 Å². The molecule has 0 aliphatic rings. The number of hydrogen-bond donors (Lipinski definition) is 3. The lowest BCUT2D eigenvalue weighted by atomic mass is 10.1. The highest BCUT2D eigenvalue weighted by Crippen LogP contribution is 2.23. The molecule has 0 saturated heterocycles. The molecule has 1 unspecified atom stereocenters. The first-order chi connectivity index (χ1) is 8.43. The second kappa shape index (κ2) is 6.02. The van der Waals surface area contributed by atoms with Crippen LogP contribution < -0.4 is 10.1 Å². The van der Waals surface area contributed by atoms with Crippen LogP contribution in [0.4, 0.5) is 5.69 Å². The molecule has 1 atom stereocenters. The zero-order chi connectivity index (χ0) is 13.7. The average Bonchev–Trinajstić information content (AvgIpc) is 2.30. The number of methoxy groups -OCH3 is 1. The van der Waals surface area contributed by atoms with Gasteiger partial charge in [-0.15, -0.1) is 0 Å². The normalized spacial score (nSPS) is 11.7. The van der Waals surface area contributed by atoms with E-state index < -0.39 is 12.1 Å². The topological polar surface area (TPSA) is 95.9 Å². The Hall–Kier alpha value is -2.08. The summed E-state index contributed by atoms with van der Waals surface area (Å²) in [5.74, 6) is -1.06. The van der Waals surface area contributed by atoms with Crippen LogP contribution in [0.15, 0.2) is 18.2 Å². The van der Waals surface area contributed by atoms with Crippen molar-refractivity contribution in [3.05, 3.63) is 23.8 Å². The van der Waals surface area contributed by atoms with Gasteiger partial charge in [0.25, 0.3) is 0 Å². The lowest BCUT2D eigenvalue weighted by molar-refractivity contribution is -0.146. The number of carbonyl (C=O) groups excluding carboxylic acids is 1. The van der Waals surface area contributed by atoms with Crippen LogP contribution in [0.25, 0.3) is 0 Å². The molecule has 0 fully saturated rings. The van der Waals surface area contributed by atoms with Gasteiger partial charge in [0, 0.05) is 19.0 Å². The van der Waals surface area contributed by atoms with Crippen LogP contribution in [0.1, 0.15) is 12.5 Å². The zero-order valence-corrected chi connectivity index (χ0v) is 10.1. The number of aliphatic hydroxyl groups excluding tert-OH is 1. The molecule has 0 bridgehead atoms. The van der Waals surface area contributed by atoms with E-state index in [-0.39, 0.29) is 12.3 Å². The van der Waals surface area contributed by atoms with Crippen molar-refractivity contribution in [1.82, 2.24) is 0 Å². The summed E-state index contributed by atoms with van der Waals surface area (Å²) in [6.45, 7) is 1.35. The molecule has 3 N–H and O–H groups in total. The van der Waals surface area contributed by atoms with Crippen LogP contribution in [-0.2, 0) is 16.0 Å². The number of amides is 1. The smallest absolute Gasteiger partial charge is 0.332 e. The van der Waals surface area contributed by atoms with Gasteiger partial charge in [0.1, 0.15) is 5.75 Å². The molecule has 18 heavy (non-hydrogen) atoms. The molecule has 1 rings (SSSR count). The molecule has 98 valence electrons. The molecule has 6 nitrogen and oxygen atoms in total. The fourth-order valence-corrected chi connectivity index (χ4v) is 1.47. The number of benzene rings is 1. The Balaban J connectivity index is 3.03. The SMILES string of the molecule is COc1ccc(NC(C)=O)c(CC(O)C(=O)O)c1. The number of carbonyl (C=O) groups is 2. The lowest BCUT2D eigenvalue weighted by Crippen LogP contribution is -2.23. The van der Waals surface area contributed by atoms with E-state index in [2.05, 4.69) is 5.32 Å². The Morgan fingerprint density at radius 1 is 1.44 bits per heavy atom. The zero-order valence-electron chi connectivity index (χ0n) is 10.1. The van der Waals surface area contributed by atoms with Crippen LogP contribution in [-0.4, -0.2) is 35.3 Å². The predicted octanol–water partition coefficient (Wildman–Crippen LogP) is 0.642. The molecule has 1 aromatic rings. The summed E-state index contributed by atoms with van der Waals surface area (Å²) in [4.78, 5) is 21.6. The molecule has 0 aliphatic heterocycles. The number of aliphatic carboxylic acids is 1.